The first-order valence-corrected chi connectivity index (χ1v) is 20.6. The van der Waals surface area contributed by atoms with Gasteiger partial charge in [-0.25, -0.2) is 4.79 Å². The van der Waals surface area contributed by atoms with Crippen molar-refractivity contribution in [1.82, 2.24) is 0 Å². The van der Waals surface area contributed by atoms with Crippen molar-refractivity contribution in [2.24, 2.45) is 35.0 Å². The highest BCUT2D eigenvalue weighted by Crippen LogP contribution is 2.65. The number of rotatable bonds is 22. The summed E-state index contributed by atoms with van der Waals surface area (Å²) in [4.78, 5) is 13.0. The maximum absolute atomic E-state index is 13.0. The molecule has 7 atom stereocenters. The van der Waals surface area contributed by atoms with Crippen molar-refractivity contribution >= 4 is 5.97 Å². The van der Waals surface area contributed by atoms with Gasteiger partial charge in [0, 0.05) is 11.5 Å². The number of carbonyl (C=O) groups excluding carboxylic acids is 1. The fourth-order valence-corrected chi connectivity index (χ4v) is 10.6. The molecule has 260 valence electrons. The molecule has 0 aromatic heterocycles. The van der Waals surface area contributed by atoms with Crippen LogP contribution in [0.2, 0.25) is 0 Å². The Labute approximate surface area is 285 Å². The minimum absolute atomic E-state index is 0.0866. The molecule has 2 heteroatoms. The van der Waals surface area contributed by atoms with Gasteiger partial charge in [0.25, 0.3) is 0 Å². The number of carbonyl (C=O) groups is 1. The van der Waals surface area contributed by atoms with E-state index in [0.29, 0.717) is 5.92 Å². The van der Waals surface area contributed by atoms with Gasteiger partial charge in [-0.2, -0.15) is 0 Å². The number of fused-ring (bicyclic) bond motifs is 5. The normalized spacial score (nSPS) is 31.7. The molecular formula is C44H72O2. The summed E-state index contributed by atoms with van der Waals surface area (Å²) in [5.41, 5.74) is -0.822. The molecule has 0 aromatic carbocycles. The lowest BCUT2D eigenvalue weighted by atomic mass is 9.49. The van der Waals surface area contributed by atoms with Crippen LogP contribution in [0.15, 0.2) is 24.3 Å². The molecule has 4 aliphatic rings. The zero-order valence-electron chi connectivity index (χ0n) is 30.4. The van der Waals surface area contributed by atoms with Crippen LogP contribution in [0.5, 0.6) is 0 Å². The van der Waals surface area contributed by atoms with Crippen molar-refractivity contribution in [3.63, 3.8) is 0 Å². The van der Waals surface area contributed by atoms with E-state index in [-0.39, 0.29) is 11.4 Å². The number of terminal acetylenes is 1. The summed E-state index contributed by atoms with van der Waals surface area (Å²) < 4.78 is 6.28. The first kappa shape index (κ1) is 37.3. The molecule has 0 bridgehead atoms. The average Bonchev–Trinajstić information content (AvgIpc) is 3.37. The minimum Gasteiger partial charge on any atom is -0.442 e. The minimum atomic E-state index is -0.736. The molecule has 0 amide bonds. The Morgan fingerprint density at radius 1 is 0.717 bits per heavy atom. The summed E-state index contributed by atoms with van der Waals surface area (Å²) in [6.45, 7) is 4.66. The fraction of sp³-hybridized carbons (Fsp3) is 0.841. The van der Waals surface area contributed by atoms with E-state index in [9.17, 15) is 4.79 Å². The highest BCUT2D eigenvalue weighted by Gasteiger charge is 2.64. The van der Waals surface area contributed by atoms with Gasteiger partial charge in [0.05, 0.1) is 0 Å². The van der Waals surface area contributed by atoms with Crippen LogP contribution < -0.4 is 0 Å². The Balaban J connectivity index is 1.01. The van der Waals surface area contributed by atoms with E-state index in [0.717, 1.165) is 55.8 Å². The molecule has 0 saturated heterocycles. The van der Waals surface area contributed by atoms with Gasteiger partial charge in [0.2, 0.25) is 0 Å². The van der Waals surface area contributed by atoms with E-state index in [1.54, 1.807) is 6.08 Å². The molecule has 4 aliphatic carbocycles. The molecule has 2 nitrogen and oxygen atoms in total. The molecule has 0 radical (unpaired) electrons. The van der Waals surface area contributed by atoms with E-state index < -0.39 is 5.60 Å². The maximum atomic E-state index is 13.0. The Kier molecular flexibility index (Phi) is 16.3. The Hall–Kier alpha value is -1.49. The molecule has 3 fully saturated rings. The number of allylic oxidation sites excluding steroid dienone is 3. The third-order valence-corrected chi connectivity index (χ3v) is 13.4. The van der Waals surface area contributed by atoms with Crippen LogP contribution in [0.25, 0.3) is 0 Å². The summed E-state index contributed by atoms with van der Waals surface area (Å²) in [5, 5.41) is 0. The predicted molar refractivity (Wildman–Crippen MR) is 196 cm³/mol. The van der Waals surface area contributed by atoms with Crippen LogP contribution in [0, 0.1) is 47.3 Å². The topological polar surface area (TPSA) is 26.3 Å². The van der Waals surface area contributed by atoms with Gasteiger partial charge in [0.1, 0.15) is 0 Å². The van der Waals surface area contributed by atoms with Crippen molar-refractivity contribution in [2.75, 3.05) is 0 Å². The average molecular weight is 633 g/mol. The predicted octanol–water partition coefficient (Wildman–Crippen LogP) is 13.1. The lowest BCUT2D eigenvalue weighted by molar-refractivity contribution is -0.165. The second-order valence-corrected chi connectivity index (χ2v) is 16.3. The highest BCUT2D eigenvalue weighted by molar-refractivity contribution is 5.82. The van der Waals surface area contributed by atoms with Crippen LogP contribution >= 0.6 is 0 Å². The molecule has 0 spiro atoms. The first-order chi connectivity index (χ1) is 22.5. The molecule has 3 saturated carbocycles. The van der Waals surface area contributed by atoms with Gasteiger partial charge in [-0.3, -0.25) is 0 Å². The largest absolute Gasteiger partial charge is 0.442 e. The Morgan fingerprint density at radius 3 is 1.87 bits per heavy atom. The van der Waals surface area contributed by atoms with Crippen LogP contribution in [0.4, 0.5) is 0 Å². The lowest BCUT2D eigenvalue weighted by Gasteiger charge is -2.56. The summed E-state index contributed by atoms with van der Waals surface area (Å²) in [6.07, 6.45) is 51.9. The highest BCUT2D eigenvalue weighted by atomic mass is 16.6. The molecule has 0 N–H and O–H groups in total. The third-order valence-electron chi connectivity index (χ3n) is 13.4. The zero-order valence-corrected chi connectivity index (χ0v) is 30.4. The maximum Gasteiger partial charge on any atom is 0.331 e. The van der Waals surface area contributed by atoms with Gasteiger partial charge in [0.15, 0.2) is 5.60 Å². The molecule has 46 heavy (non-hydrogen) atoms. The molecule has 0 heterocycles. The van der Waals surface area contributed by atoms with Crippen LogP contribution in [-0.2, 0) is 9.53 Å². The van der Waals surface area contributed by atoms with Crippen LogP contribution in [-0.4, -0.2) is 11.6 Å². The van der Waals surface area contributed by atoms with Crippen molar-refractivity contribution < 1.29 is 9.53 Å². The van der Waals surface area contributed by atoms with Crippen molar-refractivity contribution in [3.8, 4) is 12.3 Å². The van der Waals surface area contributed by atoms with Crippen molar-refractivity contribution in [1.29, 1.82) is 0 Å². The Morgan fingerprint density at radius 2 is 1.28 bits per heavy atom. The lowest BCUT2D eigenvalue weighted by Crippen LogP contribution is -2.54. The molecule has 1 unspecified atom stereocenters. The van der Waals surface area contributed by atoms with E-state index in [1.807, 2.05) is 6.08 Å². The van der Waals surface area contributed by atoms with Crippen LogP contribution in [0.1, 0.15) is 194 Å². The molecule has 0 aromatic rings. The van der Waals surface area contributed by atoms with Crippen molar-refractivity contribution in [3.05, 3.63) is 24.3 Å². The standard InChI is InChI=1S/C44H72O2/c1-4-6-7-8-9-10-11-12-13-14-15-16-17-18-19-20-21-22-23-24-25-30-42(45)46-44(5-2)36-34-41-40-32-31-37-28-26-27-29-38(37)39(40)33-35-43(41,44)3/h2,25-27,30,37-41H,4,6-24,28-29,31-36H2,1,3H3/t37?,38-,39+,40+,41-,43-,44-/m0/s1. The zero-order chi connectivity index (χ0) is 32.5. The number of unbranched alkanes of at least 4 members (excludes halogenated alkanes) is 19. The first-order valence-electron chi connectivity index (χ1n) is 20.6. The quantitative estimate of drug-likeness (QED) is 0.0390. The van der Waals surface area contributed by atoms with E-state index in [2.05, 4.69) is 31.9 Å². The van der Waals surface area contributed by atoms with Gasteiger partial charge >= 0.3 is 5.97 Å². The summed E-state index contributed by atoms with van der Waals surface area (Å²) in [7, 11) is 0. The fourth-order valence-electron chi connectivity index (χ4n) is 10.6. The second-order valence-electron chi connectivity index (χ2n) is 16.3. The van der Waals surface area contributed by atoms with E-state index in [4.69, 9.17) is 11.2 Å². The molecule has 4 rings (SSSR count). The number of esters is 1. The van der Waals surface area contributed by atoms with Crippen molar-refractivity contribution in [2.45, 2.75) is 199 Å². The van der Waals surface area contributed by atoms with E-state index in [1.165, 1.54) is 148 Å². The van der Waals surface area contributed by atoms with Gasteiger partial charge in [-0.05, 0) is 93.8 Å². The van der Waals surface area contributed by atoms with Gasteiger partial charge < -0.3 is 4.74 Å². The van der Waals surface area contributed by atoms with Crippen LogP contribution in [0.3, 0.4) is 0 Å². The monoisotopic (exact) mass is 633 g/mol. The Bertz CT molecular complexity index is 971. The van der Waals surface area contributed by atoms with Gasteiger partial charge in [-0.1, -0.05) is 154 Å². The number of hydrogen-bond donors (Lipinski definition) is 0. The summed E-state index contributed by atoms with van der Waals surface area (Å²) >= 11 is 0. The summed E-state index contributed by atoms with van der Waals surface area (Å²) in [5.74, 6) is 6.80. The second kappa shape index (κ2) is 20.1. The van der Waals surface area contributed by atoms with E-state index >= 15 is 0 Å². The summed E-state index contributed by atoms with van der Waals surface area (Å²) in [6, 6.07) is 0. The number of ether oxygens (including phenoxy) is 1. The third kappa shape index (κ3) is 10.3. The van der Waals surface area contributed by atoms with Gasteiger partial charge in [-0.15, -0.1) is 6.42 Å². The number of hydrogen-bond acceptors (Lipinski definition) is 2. The smallest absolute Gasteiger partial charge is 0.331 e. The molecular weight excluding hydrogens is 560 g/mol. The SMILES string of the molecule is C#C[C@]1(OC(=O)C=CCCCCCCCCCCCCCCCCCCCCC)CC[C@H]2[C@@H]3CCC4CC=CC[C@@H]4[C@H]3CC[C@@]21C. The molecule has 0 aliphatic heterocycles.